The van der Waals surface area contributed by atoms with E-state index in [1.165, 1.54) is 12.1 Å². The van der Waals surface area contributed by atoms with Gasteiger partial charge in [0.1, 0.15) is 11.6 Å². The van der Waals surface area contributed by atoms with Gasteiger partial charge >= 0.3 is 0 Å². The van der Waals surface area contributed by atoms with Crippen LogP contribution in [0.1, 0.15) is 11.3 Å². The topological polar surface area (TPSA) is 54.7 Å². The summed E-state index contributed by atoms with van der Waals surface area (Å²) in [5, 5.41) is 6.67. The molecule has 78 valence electrons. The van der Waals surface area contributed by atoms with Crippen LogP contribution in [0.5, 0.6) is 0 Å². The first-order valence-corrected chi connectivity index (χ1v) is 4.78. The first kappa shape index (κ1) is 9.71. The minimum atomic E-state index is -0.204. The van der Waals surface area contributed by atoms with Crippen LogP contribution in [0.15, 0.2) is 30.3 Å². The Morgan fingerprint density at radius 3 is 2.53 bits per heavy atom. The fourth-order valence-corrected chi connectivity index (χ4v) is 1.44. The van der Waals surface area contributed by atoms with Crippen LogP contribution >= 0.6 is 0 Å². The zero-order chi connectivity index (χ0) is 10.7. The molecule has 0 aliphatic heterocycles. The van der Waals surface area contributed by atoms with Crippen LogP contribution in [0.25, 0.3) is 0 Å². The zero-order valence-corrected chi connectivity index (χ0v) is 8.20. The molecule has 3 nitrogen and oxygen atoms in total. The Hall–Kier alpha value is -1.84. The van der Waals surface area contributed by atoms with Gasteiger partial charge in [-0.05, 0) is 30.5 Å². The van der Waals surface area contributed by atoms with Crippen molar-refractivity contribution in [3.8, 4) is 0 Å². The maximum atomic E-state index is 12.6. The van der Waals surface area contributed by atoms with Crippen molar-refractivity contribution in [2.75, 3.05) is 5.73 Å². The molecule has 0 fully saturated rings. The largest absolute Gasteiger partial charge is 0.382 e. The number of hydrogen-bond acceptors (Lipinski definition) is 2. The highest BCUT2D eigenvalue weighted by molar-refractivity contribution is 5.29. The van der Waals surface area contributed by atoms with E-state index in [-0.39, 0.29) is 5.82 Å². The molecular weight excluding hydrogens is 193 g/mol. The third-order valence-corrected chi connectivity index (χ3v) is 2.25. The lowest BCUT2D eigenvalue weighted by Crippen LogP contribution is -1.91. The summed E-state index contributed by atoms with van der Waals surface area (Å²) in [4.78, 5) is 0. The molecule has 1 heterocycles. The van der Waals surface area contributed by atoms with Gasteiger partial charge in [-0.15, -0.1) is 0 Å². The Kier molecular flexibility index (Phi) is 2.67. The lowest BCUT2D eigenvalue weighted by Gasteiger charge is -1.98. The summed E-state index contributed by atoms with van der Waals surface area (Å²) in [7, 11) is 0. The van der Waals surface area contributed by atoms with Crippen LogP contribution < -0.4 is 5.73 Å². The Labute approximate surface area is 87.1 Å². The fraction of sp³-hybridized carbons (Fsp3) is 0.182. The second kappa shape index (κ2) is 4.13. The third-order valence-electron chi connectivity index (χ3n) is 2.25. The quantitative estimate of drug-likeness (QED) is 0.804. The summed E-state index contributed by atoms with van der Waals surface area (Å²) < 4.78 is 12.6. The number of aromatic amines is 1. The van der Waals surface area contributed by atoms with Crippen molar-refractivity contribution < 1.29 is 4.39 Å². The lowest BCUT2D eigenvalue weighted by molar-refractivity contribution is 0.627. The summed E-state index contributed by atoms with van der Waals surface area (Å²) in [6.45, 7) is 0. The average molecular weight is 205 g/mol. The molecule has 0 atom stereocenters. The standard InChI is InChI=1S/C11H12FN3/c12-9-4-1-8(2-5-9)3-6-10-7-11(13)15-14-10/h1-2,4-5,7H,3,6H2,(H3,13,14,15). The number of nitrogens with zero attached hydrogens (tertiary/aromatic N) is 1. The van der Waals surface area contributed by atoms with E-state index in [1.54, 1.807) is 12.1 Å². The monoisotopic (exact) mass is 205 g/mol. The highest BCUT2D eigenvalue weighted by Crippen LogP contribution is 2.08. The summed E-state index contributed by atoms with van der Waals surface area (Å²) in [5.74, 6) is 0.300. The van der Waals surface area contributed by atoms with Gasteiger partial charge in [0, 0.05) is 11.8 Å². The molecule has 0 radical (unpaired) electrons. The maximum absolute atomic E-state index is 12.6. The first-order chi connectivity index (χ1) is 7.24. The molecule has 0 saturated heterocycles. The molecule has 0 bridgehead atoms. The average Bonchev–Trinajstić information content (AvgIpc) is 2.64. The molecule has 3 N–H and O–H groups in total. The third kappa shape index (κ3) is 2.56. The first-order valence-electron chi connectivity index (χ1n) is 4.78. The highest BCUT2D eigenvalue weighted by atomic mass is 19.1. The second-order valence-corrected chi connectivity index (χ2v) is 3.44. The summed E-state index contributed by atoms with van der Waals surface area (Å²) >= 11 is 0. The van der Waals surface area contributed by atoms with Gasteiger partial charge in [-0.2, -0.15) is 5.10 Å². The summed E-state index contributed by atoms with van der Waals surface area (Å²) in [6.07, 6.45) is 1.68. The molecular formula is C11H12FN3. The van der Waals surface area contributed by atoms with Gasteiger partial charge in [0.05, 0.1) is 0 Å². The van der Waals surface area contributed by atoms with E-state index < -0.39 is 0 Å². The van der Waals surface area contributed by atoms with E-state index in [0.29, 0.717) is 5.82 Å². The number of rotatable bonds is 3. The normalized spacial score (nSPS) is 10.5. The number of anilines is 1. The molecule has 1 aromatic carbocycles. The van der Waals surface area contributed by atoms with E-state index in [9.17, 15) is 4.39 Å². The predicted molar refractivity (Wildman–Crippen MR) is 56.8 cm³/mol. The van der Waals surface area contributed by atoms with Crippen LogP contribution in [-0.2, 0) is 12.8 Å². The minimum absolute atomic E-state index is 0.204. The highest BCUT2D eigenvalue weighted by Gasteiger charge is 1.99. The number of halogens is 1. The fourth-order valence-electron chi connectivity index (χ4n) is 1.44. The number of hydrogen-bond donors (Lipinski definition) is 2. The number of nitrogens with two attached hydrogens (primary N) is 1. The molecule has 1 aromatic heterocycles. The summed E-state index contributed by atoms with van der Waals surface area (Å²) in [6, 6.07) is 8.32. The van der Waals surface area contributed by atoms with E-state index in [2.05, 4.69) is 10.2 Å². The number of nitrogens with one attached hydrogen (secondary N) is 1. The smallest absolute Gasteiger partial charge is 0.145 e. The Morgan fingerprint density at radius 2 is 1.93 bits per heavy atom. The molecule has 0 unspecified atom stereocenters. The molecule has 15 heavy (non-hydrogen) atoms. The van der Waals surface area contributed by atoms with Gasteiger partial charge in [-0.1, -0.05) is 12.1 Å². The van der Waals surface area contributed by atoms with Gasteiger partial charge in [-0.3, -0.25) is 5.10 Å². The van der Waals surface area contributed by atoms with Crippen molar-refractivity contribution in [2.45, 2.75) is 12.8 Å². The molecule has 0 aliphatic rings. The van der Waals surface area contributed by atoms with E-state index in [4.69, 9.17) is 5.73 Å². The van der Waals surface area contributed by atoms with E-state index in [0.717, 1.165) is 24.1 Å². The number of aryl methyl sites for hydroxylation is 2. The van der Waals surface area contributed by atoms with E-state index >= 15 is 0 Å². The SMILES string of the molecule is Nc1cc(CCc2ccc(F)cc2)[nH]n1. The van der Waals surface area contributed by atoms with Crippen LogP contribution in [0.4, 0.5) is 10.2 Å². The van der Waals surface area contributed by atoms with Crippen molar-refractivity contribution in [1.29, 1.82) is 0 Å². The molecule has 0 saturated carbocycles. The van der Waals surface area contributed by atoms with Crippen LogP contribution in [0.3, 0.4) is 0 Å². The van der Waals surface area contributed by atoms with Crippen LogP contribution in [0, 0.1) is 5.82 Å². The number of nitrogen functional groups attached to an aromatic ring is 1. The Balaban J connectivity index is 1.96. The number of benzene rings is 1. The molecule has 2 rings (SSSR count). The molecule has 0 aliphatic carbocycles. The van der Waals surface area contributed by atoms with Crippen molar-refractivity contribution >= 4 is 5.82 Å². The van der Waals surface area contributed by atoms with Gasteiger partial charge in [0.2, 0.25) is 0 Å². The Morgan fingerprint density at radius 1 is 1.20 bits per heavy atom. The van der Waals surface area contributed by atoms with Crippen molar-refractivity contribution in [3.63, 3.8) is 0 Å². The van der Waals surface area contributed by atoms with Gasteiger partial charge in [0.25, 0.3) is 0 Å². The molecule has 0 amide bonds. The minimum Gasteiger partial charge on any atom is -0.382 e. The zero-order valence-electron chi connectivity index (χ0n) is 8.20. The van der Waals surface area contributed by atoms with Crippen molar-refractivity contribution in [1.82, 2.24) is 10.2 Å². The summed E-state index contributed by atoms with van der Waals surface area (Å²) in [5.41, 5.74) is 7.57. The number of aromatic nitrogens is 2. The van der Waals surface area contributed by atoms with Crippen molar-refractivity contribution in [3.05, 3.63) is 47.4 Å². The predicted octanol–water partition coefficient (Wildman–Crippen LogP) is 1.92. The molecule has 4 heteroatoms. The lowest BCUT2D eigenvalue weighted by atomic mass is 10.1. The van der Waals surface area contributed by atoms with Gasteiger partial charge in [-0.25, -0.2) is 4.39 Å². The second-order valence-electron chi connectivity index (χ2n) is 3.44. The van der Waals surface area contributed by atoms with Gasteiger partial charge < -0.3 is 5.73 Å². The molecule has 0 spiro atoms. The van der Waals surface area contributed by atoms with Gasteiger partial charge in [0.15, 0.2) is 0 Å². The molecule has 2 aromatic rings. The Bertz CT molecular complexity index is 433. The van der Waals surface area contributed by atoms with Crippen LogP contribution in [0.2, 0.25) is 0 Å². The van der Waals surface area contributed by atoms with E-state index in [1.807, 2.05) is 6.07 Å². The maximum Gasteiger partial charge on any atom is 0.145 e. The van der Waals surface area contributed by atoms with Crippen LogP contribution in [-0.4, -0.2) is 10.2 Å². The van der Waals surface area contributed by atoms with Crippen molar-refractivity contribution in [2.24, 2.45) is 0 Å². The number of H-pyrrole nitrogens is 1.